The summed E-state index contributed by atoms with van der Waals surface area (Å²) in [7, 11) is 0. The summed E-state index contributed by atoms with van der Waals surface area (Å²) >= 11 is 0. The first-order chi connectivity index (χ1) is 12.6. The number of nitro benzene ring substituents is 1. The van der Waals surface area contributed by atoms with Crippen LogP contribution in [0.5, 0.6) is 0 Å². The van der Waals surface area contributed by atoms with E-state index in [-0.39, 0.29) is 11.7 Å². The summed E-state index contributed by atoms with van der Waals surface area (Å²) in [4.78, 5) is 22.2. The molecule has 3 heterocycles. The SMILES string of the molecule is CC1COCCN1c1nc(-c2ccc([N+](=O)[O-])cc2)nc2c1COCC2. The van der Waals surface area contributed by atoms with E-state index < -0.39 is 4.92 Å². The largest absolute Gasteiger partial charge is 0.377 e. The minimum atomic E-state index is -0.407. The quantitative estimate of drug-likeness (QED) is 0.616. The second-order valence-electron chi connectivity index (χ2n) is 6.52. The van der Waals surface area contributed by atoms with Gasteiger partial charge in [0.1, 0.15) is 5.82 Å². The van der Waals surface area contributed by atoms with Crippen LogP contribution >= 0.6 is 0 Å². The van der Waals surface area contributed by atoms with Gasteiger partial charge in [0.15, 0.2) is 5.82 Å². The zero-order valence-electron chi connectivity index (χ0n) is 14.6. The number of hydrogen-bond donors (Lipinski definition) is 0. The fourth-order valence-electron chi connectivity index (χ4n) is 3.36. The molecule has 136 valence electrons. The molecule has 0 spiro atoms. The minimum Gasteiger partial charge on any atom is -0.377 e. The molecule has 1 aromatic heterocycles. The molecule has 0 bridgehead atoms. The summed E-state index contributed by atoms with van der Waals surface area (Å²) < 4.78 is 11.2. The topological polar surface area (TPSA) is 90.6 Å². The van der Waals surface area contributed by atoms with Gasteiger partial charge >= 0.3 is 0 Å². The number of fused-ring (bicyclic) bond motifs is 1. The number of non-ortho nitro benzene ring substituents is 1. The number of aromatic nitrogens is 2. The van der Waals surface area contributed by atoms with Gasteiger partial charge < -0.3 is 14.4 Å². The second kappa shape index (κ2) is 6.97. The Morgan fingerprint density at radius 3 is 2.73 bits per heavy atom. The minimum absolute atomic E-state index is 0.0575. The predicted octanol–water partition coefficient (Wildman–Crippen LogP) is 2.35. The lowest BCUT2D eigenvalue weighted by Gasteiger charge is -2.36. The van der Waals surface area contributed by atoms with Gasteiger partial charge in [0.2, 0.25) is 0 Å². The Balaban J connectivity index is 1.78. The van der Waals surface area contributed by atoms with E-state index >= 15 is 0 Å². The molecule has 4 rings (SSSR count). The third kappa shape index (κ3) is 3.13. The van der Waals surface area contributed by atoms with Crippen LogP contribution < -0.4 is 4.90 Å². The number of nitro groups is 1. The highest BCUT2D eigenvalue weighted by molar-refractivity contribution is 5.62. The van der Waals surface area contributed by atoms with Crippen LogP contribution in [0.15, 0.2) is 24.3 Å². The third-order valence-electron chi connectivity index (χ3n) is 4.78. The molecule has 0 aliphatic carbocycles. The first-order valence-electron chi connectivity index (χ1n) is 8.70. The van der Waals surface area contributed by atoms with Crippen molar-refractivity contribution in [2.45, 2.75) is 26.0 Å². The van der Waals surface area contributed by atoms with Crippen molar-refractivity contribution in [3.63, 3.8) is 0 Å². The van der Waals surface area contributed by atoms with Crippen LogP contribution in [0.25, 0.3) is 11.4 Å². The zero-order valence-corrected chi connectivity index (χ0v) is 14.6. The molecule has 2 aromatic rings. The average molecular weight is 356 g/mol. The molecule has 1 atom stereocenters. The number of ether oxygens (including phenoxy) is 2. The van der Waals surface area contributed by atoms with Gasteiger partial charge in [-0.25, -0.2) is 9.97 Å². The van der Waals surface area contributed by atoms with Crippen LogP contribution in [0.4, 0.5) is 11.5 Å². The van der Waals surface area contributed by atoms with E-state index in [2.05, 4.69) is 11.8 Å². The van der Waals surface area contributed by atoms with Gasteiger partial charge in [-0.1, -0.05) is 0 Å². The van der Waals surface area contributed by atoms with E-state index in [4.69, 9.17) is 19.4 Å². The molecule has 1 saturated heterocycles. The molecule has 0 saturated carbocycles. The van der Waals surface area contributed by atoms with Crippen molar-refractivity contribution in [1.82, 2.24) is 9.97 Å². The Morgan fingerprint density at radius 2 is 2.00 bits per heavy atom. The van der Waals surface area contributed by atoms with Crippen LogP contribution in [0, 0.1) is 10.1 Å². The smallest absolute Gasteiger partial charge is 0.269 e. The maximum atomic E-state index is 10.9. The third-order valence-corrected chi connectivity index (χ3v) is 4.78. The maximum absolute atomic E-state index is 10.9. The number of anilines is 1. The molecule has 0 amide bonds. The number of benzene rings is 1. The van der Waals surface area contributed by atoms with Crippen LogP contribution in [0.1, 0.15) is 18.2 Å². The van der Waals surface area contributed by atoms with Gasteiger partial charge in [-0.2, -0.15) is 0 Å². The van der Waals surface area contributed by atoms with Crippen molar-refractivity contribution < 1.29 is 14.4 Å². The van der Waals surface area contributed by atoms with Crippen LogP contribution in [0.3, 0.4) is 0 Å². The highest BCUT2D eigenvalue weighted by atomic mass is 16.6. The fourth-order valence-corrected chi connectivity index (χ4v) is 3.36. The number of nitrogens with zero attached hydrogens (tertiary/aromatic N) is 4. The van der Waals surface area contributed by atoms with Crippen LogP contribution in [-0.4, -0.2) is 47.3 Å². The molecule has 0 radical (unpaired) electrons. The standard InChI is InChI=1S/C18H20N4O4/c1-12-10-26-9-7-21(12)18-15-11-25-8-6-16(15)19-17(20-18)13-2-4-14(5-3-13)22(23)24/h2-5,12H,6-11H2,1H3. The summed E-state index contributed by atoms with van der Waals surface area (Å²) in [6.07, 6.45) is 0.740. The Kier molecular flexibility index (Phi) is 4.52. The summed E-state index contributed by atoms with van der Waals surface area (Å²) in [6.45, 7) is 5.35. The van der Waals surface area contributed by atoms with Gasteiger partial charge in [-0.3, -0.25) is 10.1 Å². The molecular formula is C18H20N4O4. The lowest BCUT2D eigenvalue weighted by atomic mass is 10.1. The van der Waals surface area contributed by atoms with Crippen molar-refractivity contribution in [3.05, 3.63) is 45.6 Å². The van der Waals surface area contributed by atoms with Crippen molar-refractivity contribution in [1.29, 1.82) is 0 Å². The van der Waals surface area contributed by atoms with E-state index in [9.17, 15) is 10.1 Å². The molecule has 26 heavy (non-hydrogen) atoms. The second-order valence-corrected chi connectivity index (χ2v) is 6.52. The van der Waals surface area contributed by atoms with Gasteiger partial charge in [0.25, 0.3) is 5.69 Å². The van der Waals surface area contributed by atoms with Crippen molar-refractivity contribution >= 4 is 11.5 Å². The predicted molar refractivity (Wildman–Crippen MR) is 95.1 cm³/mol. The average Bonchev–Trinajstić information content (AvgIpc) is 2.68. The molecule has 8 heteroatoms. The molecule has 2 aliphatic heterocycles. The Bertz CT molecular complexity index is 825. The normalized spacial score (nSPS) is 19.9. The first kappa shape index (κ1) is 16.9. The molecule has 1 fully saturated rings. The van der Waals surface area contributed by atoms with Gasteiger partial charge in [-0.05, 0) is 19.1 Å². The van der Waals surface area contributed by atoms with E-state index in [1.807, 2.05) is 0 Å². The number of hydrogen-bond acceptors (Lipinski definition) is 7. The number of rotatable bonds is 3. The fraction of sp³-hybridized carbons (Fsp3) is 0.444. The van der Waals surface area contributed by atoms with Gasteiger partial charge in [0.05, 0.1) is 43.1 Å². The Labute approximate surface area is 150 Å². The van der Waals surface area contributed by atoms with Crippen LogP contribution in [0.2, 0.25) is 0 Å². The van der Waals surface area contributed by atoms with Crippen LogP contribution in [-0.2, 0) is 22.5 Å². The zero-order chi connectivity index (χ0) is 18.1. The van der Waals surface area contributed by atoms with E-state index in [1.165, 1.54) is 12.1 Å². The Morgan fingerprint density at radius 1 is 1.19 bits per heavy atom. The van der Waals surface area contributed by atoms with Gasteiger partial charge in [0, 0.05) is 36.2 Å². The monoisotopic (exact) mass is 356 g/mol. The summed E-state index contributed by atoms with van der Waals surface area (Å²) in [5.41, 5.74) is 2.86. The Hall–Kier alpha value is -2.58. The molecule has 0 N–H and O–H groups in total. The van der Waals surface area contributed by atoms with E-state index in [1.54, 1.807) is 12.1 Å². The summed E-state index contributed by atoms with van der Waals surface area (Å²) in [5.74, 6) is 1.48. The van der Waals surface area contributed by atoms with Crippen molar-refractivity contribution in [2.75, 3.05) is 31.3 Å². The molecular weight excluding hydrogens is 336 g/mol. The lowest BCUT2D eigenvalue weighted by molar-refractivity contribution is -0.384. The van der Waals surface area contributed by atoms with Gasteiger partial charge in [-0.15, -0.1) is 0 Å². The summed E-state index contributed by atoms with van der Waals surface area (Å²) in [6, 6.07) is 6.59. The summed E-state index contributed by atoms with van der Waals surface area (Å²) in [5, 5.41) is 10.9. The van der Waals surface area contributed by atoms with E-state index in [0.29, 0.717) is 32.3 Å². The lowest BCUT2D eigenvalue weighted by Crippen LogP contribution is -2.45. The highest BCUT2D eigenvalue weighted by Gasteiger charge is 2.27. The molecule has 1 unspecified atom stereocenters. The molecule has 2 aliphatic rings. The van der Waals surface area contributed by atoms with E-state index in [0.717, 1.165) is 35.6 Å². The molecule has 8 nitrogen and oxygen atoms in total. The maximum Gasteiger partial charge on any atom is 0.269 e. The highest BCUT2D eigenvalue weighted by Crippen LogP contribution is 2.31. The number of morpholine rings is 1. The van der Waals surface area contributed by atoms with Crippen molar-refractivity contribution in [3.8, 4) is 11.4 Å². The van der Waals surface area contributed by atoms with Crippen molar-refractivity contribution in [2.24, 2.45) is 0 Å². The first-order valence-corrected chi connectivity index (χ1v) is 8.70. The molecule has 1 aromatic carbocycles.